The van der Waals surface area contributed by atoms with Crippen LogP contribution in [-0.2, 0) is 6.54 Å². The topological polar surface area (TPSA) is 73.0 Å². The summed E-state index contributed by atoms with van der Waals surface area (Å²) >= 11 is 0. The summed E-state index contributed by atoms with van der Waals surface area (Å²) in [5.41, 5.74) is 0.871. The number of aromatic nitrogens is 3. The molecule has 6 nitrogen and oxygen atoms in total. The van der Waals surface area contributed by atoms with E-state index in [4.69, 9.17) is 4.42 Å². The molecule has 0 unspecified atom stereocenters. The highest BCUT2D eigenvalue weighted by Crippen LogP contribution is 2.10. The number of nitrogens with zero attached hydrogens (tertiary/aromatic N) is 3. The molecule has 0 bridgehead atoms. The summed E-state index contributed by atoms with van der Waals surface area (Å²) in [4.78, 5) is 16.1. The average molecular weight is 268 g/mol. The molecule has 100 valence electrons. The van der Waals surface area contributed by atoms with E-state index < -0.39 is 0 Å². The zero-order valence-electron chi connectivity index (χ0n) is 10.6. The fourth-order valence-electron chi connectivity index (χ4n) is 1.84. The van der Waals surface area contributed by atoms with Crippen LogP contribution >= 0.6 is 0 Å². The van der Waals surface area contributed by atoms with Crippen molar-refractivity contribution < 1.29 is 9.21 Å². The predicted octanol–water partition coefficient (Wildman–Crippen LogP) is 1.79. The van der Waals surface area contributed by atoms with Gasteiger partial charge in [-0.1, -0.05) is 6.07 Å². The summed E-state index contributed by atoms with van der Waals surface area (Å²) in [5.74, 6) is 0.719. The first-order valence-electron chi connectivity index (χ1n) is 6.10. The minimum Gasteiger partial charge on any atom is -0.459 e. The van der Waals surface area contributed by atoms with Crippen LogP contribution in [0.25, 0.3) is 5.82 Å². The van der Waals surface area contributed by atoms with Gasteiger partial charge in [-0.05, 0) is 24.3 Å². The molecule has 0 aromatic carbocycles. The fraction of sp³-hybridized carbons (Fsp3) is 0.0714. The third-order valence-electron chi connectivity index (χ3n) is 2.77. The number of furan rings is 1. The lowest BCUT2D eigenvalue weighted by Gasteiger charge is -2.08. The summed E-state index contributed by atoms with van der Waals surface area (Å²) in [6, 6.07) is 8.83. The Bertz CT molecular complexity index is 690. The second kappa shape index (κ2) is 5.40. The fourth-order valence-corrected chi connectivity index (χ4v) is 1.84. The lowest BCUT2D eigenvalue weighted by molar-refractivity contribution is 0.0923. The zero-order chi connectivity index (χ0) is 13.8. The molecule has 6 heteroatoms. The molecule has 0 saturated heterocycles. The summed E-state index contributed by atoms with van der Waals surface area (Å²) in [7, 11) is 0. The van der Waals surface area contributed by atoms with Crippen molar-refractivity contribution in [3.05, 3.63) is 66.5 Å². The Labute approximate surface area is 115 Å². The Kier molecular flexibility index (Phi) is 3.28. The summed E-state index contributed by atoms with van der Waals surface area (Å²) in [6.07, 6.45) is 6.64. The van der Waals surface area contributed by atoms with Crippen molar-refractivity contribution in [1.29, 1.82) is 0 Å². The number of carbonyl (C=O) groups excluding carboxylic acids is 1. The molecule has 1 N–H and O–H groups in total. The van der Waals surface area contributed by atoms with Crippen LogP contribution in [0.1, 0.15) is 16.1 Å². The summed E-state index contributed by atoms with van der Waals surface area (Å²) in [6.45, 7) is 0.350. The van der Waals surface area contributed by atoms with Crippen molar-refractivity contribution in [1.82, 2.24) is 20.1 Å². The zero-order valence-corrected chi connectivity index (χ0v) is 10.6. The van der Waals surface area contributed by atoms with Crippen LogP contribution in [0, 0.1) is 0 Å². The molecule has 0 aliphatic heterocycles. The van der Waals surface area contributed by atoms with Gasteiger partial charge in [-0.25, -0.2) is 9.67 Å². The first-order chi connectivity index (χ1) is 9.84. The Morgan fingerprint density at radius 2 is 2.20 bits per heavy atom. The first kappa shape index (κ1) is 12.2. The van der Waals surface area contributed by atoms with Crippen LogP contribution in [-0.4, -0.2) is 20.7 Å². The maximum Gasteiger partial charge on any atom is 0.287 e. The van der Waals surface area contributed by atoms with E-state index >= 15 is 0 Å². The first-order valence-corrected chi connectivity index (χ1v) is 6.10. The number of amides is 1. The maximum atomic E-state index is 11.8. The number of nitrogens with one attached hydrogen (secondary N) is 1. The van der Waals surface area contributed by atoms with Crippen molar-refractivity contribution in [3.63, 3.8) is 0 Å². The molecule has 0 aliphatic rings. The van der Waals surface area contributed by atoms with E-state index in [9.17, 15) is 4.79 Å². The Morgan fingerprint density at radius 3 is 2.95 bits per heavy atom. The molecule has 0 saturated carbocycles. The molecule has 0 spiro atoms. The Morgan fingerprint density at radius 1 is 1.25 bits per heavy atom. The van der Waals surface area contributed by atoms with Crippen molar-refractivity contribution >= 4 is 5.91 Å². The Balaban J connectivity index is 1.77. The van der Waals surface area contributed by atoms with E-state index in [1.807, 2.05) is 18.2 Å². The van der Waals surface area contributed by atoms with Gasteiger partial charge in [0, 0.05) is 30.7 Å². The predicted molar refractivity (Wildman–Crippen MR) is 71.2 cm³/mol. The van der Waals surface area contributed by atoms with Crippen LogP contribution < -0.4 is 5.32 Å². The SMILES string of the molecule is O=C(NCc1cccnc1-n1cccn1)c1ccco1. The molecule has 3 heterocycles. The lowest BCUT2D eigenvalue weighted by atomic mass is 10.2. The molecule has 3 aromatic rings. The third-order valence-corrected chi connectivity index (χ3v) is 2.77. The van der Waals surface area contributed by atoms with Gasteiger partial charge in [0.1, 0.15) is 0 Å². The number of hydrogen-bond donors (Lipinski definition) is 1. The van der Waals surface area contributed by atoms with Crippen molar-refractivity contribution in [2.75, 3.05) is 0 Å². The van der Waals surface area contributed by atoms with Crippen LogP contribution in [0.3, 0.4) is 0 Å². The van der Waals surface area contributed by atoms with E-state index in [0.29, 0.717) is 12.4 Å². The number of pyridine rings is 1. The van der Waals surface area contributed by atoms with Crippen LogP contribution in [0.2, 0.25) is 0 Å². The van der Waals surface area contributed by atoms with Gasteiger partial charge in [-0.2, -0.15) is 5.10 Å². The molecule has 3 aromatic heterocycles. The minimum absolute atomic E-state index is 0.259. The maximum absolute atomic E-state index is 11.8. The van der Waals surface area contributed by atoms with E-state index in [1.165, 1.54) is 6.26 Å². The molecule has 0 fully saturated rings. The van der Waals surface area contributed by atoms with Gasteiger partial charge in [-0.15, -0.1) is 0 Å². The molecule has 20 heavy (non-hydrogen) atoms. The molecule has 0 radical (unpaired) electrons. The number of carbonyl (C=O) groups is 1. The van der Waals surface area contributed by atoms with Gasteiger partial charge in [0.05, 0.1) is 6.26 Å². The van der Waals surface area contributed by atoms with Crippen molar-refractivity contribution in [2.45, 2.75) is 6.54 Å². The van der Waals surface area contributed by atoms with E-state index in [0.717, 1.165) is 5.56 Å². The molecule has 1 amide bonds. The van der Waals surface area contributed by atoms with E-state index in [1.54, 1.807) is 35.4 Å². The Hall–Kier alpha value is -2.89. The van der Waals surface area contributed by atoms with E-state index in [-0.39, 0.29) is 11.7 Å². The molecule has 0 aliphatic carbocycles. The third kappa shape index (κ3) is 2.44. The van der Waals surface area contributed by atoms with Crippen molar-refractivity contribution in [2.24, 2.45) is 0 Å². The highest BCUT2D eigenvalue weighted by molar-refractivity contribution is 5.91. The summed E-state index contributed by atoms with van der Waals surface area (Å²) < 4.78 is 6.70. The number of rotatable bonds is 4. The average Bonchev–Trinajstić information content (AvgIpc) is 3.17. The molecule has 0 atom stereocenters. The van der Waals surface area contributed by atoms with E-state index in [2.05, 4.69) is 15.4 Å². The van der Waals surface area contributed by atoms with Gasteiger partial charge in [0.15, 0.2) is 11.6 Å². The number of hydrogen-bond acceptors (Lipinski definition) is 4. The summed E-state index contributed by atoms with van der Waals surface area (Å²) in [5, 5.41) is 6.94. The van der Waals surface area contributed by atoms with Gasteiger partial charge in [0.2, 0.25) is 0 Å². The monoisotopic (exact) mass is 268 g/mol. The van der Waals surface area contributed by atoms with Gasteiger partial charge in [0.25, 0.3) is 5.91 Å². The van der Waals surface area contributed by atoms with Gasteiger partial charge >= 0.3 is 0 Å². The standard InChI is InChI=1S/C14H12N4O2/c19-14(12-5-2-9-20-12)16-10-11-4-1-6-15-13(11)18-8-3-7-17-18/h1-9H,10H2,(H,16,19). The largest absolute Gasteiger partial charge is 0.459 e. The molecular weight excluding hydrogens is 256 g/mol. The molecule has 3 rings (SSSR count). The van der Waals surface area contributed by atoms with Crippen LogP contribution in [0.4, 0.5) is 0 Å². The quantitative estimate of drug-likeness (QED) is 0.783. The highest BCUT2D eigenvalue weighted by atomic mass is 16.3. The minimum atomic E-state index is -0.259. The van der Waals surface area contributed by atoms with Gasteiger partial charge < -0.3 is 9.73 Å². The van der Waals surface area contributed by atoms with Crippen LogP contribution in [0.15, 0.2) is 59.6 Å². The van der Waals surface area contributed by atoms with Gasteiger partial charge in [-0.3, -0.25) is 4.79 Å². The normalized spacial score (nSPS) is 10.4. The highest BCUT2D eigenvalue weighted by Gasteiger charge is 2.10. The smallest absolute Gasteiger partial charge is 0.287 e. The second-order valence-corrected chi connectivity index (χ2v) is 4.10. The van der Waals surface area contributed by atoms with Crippen molar-refractivity contribution in [3.8, 4) is 5.82 Å². The van der Waals surface area contributed by atoms with Crippen LogP contribution in [0.5, 0.6) is 0 Å². The molecular formula is C14H12N4O2. The lowest BCUT2D eigenvalue weighted by Crippen LogP contribution is -2.23. The second-order valence-electron chi connectivity index (χ2n) is 4.10.